The number of rotatable bonds is 2. The molecular formula is C26H20B3NO. The minimum Gasteiger partial charge on any atom is -0.455 e. The van der Waals surface area contributed by atoms with Crippen molar-refractivity contribution in [3.63, 3.8) is 0 Å². The van der Waals surface area contributed by atoms with E-state index in [0.717, 1.165) is 33.2 Å². The fraction of sp³-hybridized carbons (Fsp3) is 0.0385. The second-order valence-electron chi connectivity index (χ2n) is 9.29. The van der Waals surface area contributed by atoms with E-state index < -0.39 is 0 Å². The topological polar surface area (TPSA) is 26.0 Å². The summed E-state index contributed by atoms with van der Waals surface area (Å²) in [7, 11) is 6.62. The summed E-state index contributed by atoms with van der Waals surface area (Å²) in [5, 5.41) is 7.17. The number of pyridine rings is 1. The predicted octanol–water partition coefficient (Wildman–Crippen LogP) is 3.96. The lowest BCUT2D eigenvalue weighted by atomic mass is 9.40. The van der Waals surface area contributed by atoms with Gasteiger partial charge >= 0.3 is 0 Å². The molecule has 0 radical (unpaired) electrons. The maximum Gasteiger partial charge on any atom is 0.144 e. The molecule has 144 valence electrons. The quantitative estimate of drug-likeness (QED) is 0.328. The predicted molar refractivity (Wildman–Crippen MR) is 139 cm³/mol. The fourth-order valence-corrected chi connectivity index (χ4v) is 4.54. The van der Waals surface area contributed by atoms with E-state index in [-0.39, 0.29) is 5.11 Å². The van der Waals surface area contributed by atoms with Gasteiger partial charge in [0, 0.05) is 27.9 Å². The number of benzene rings is 4. The molecule has 2 aromatic heterocycles. The minimum atomic E-state index is 0.0802. The zero-order valence-electron chi connectivity index (χ0n) is 17.9. The first kappa shape index (κ1) is 18.3. The monoisotopic (exact) mass is 395 g/mol. The summed E-state index contributed by atoms with van der Waals surface area (Å²) in [6, 6.07) is 27.9. The van der Waals surface area contributed by atoms with Crippen LogP contribution < -0.4 is 0 Å². The van der Waals surface area contributed by atoms with Crippen molar-refractivity contribution in [1.29, 1.82) is 0 Å². The van der Waals surface area contributed by atoms with Crippen LogP contribution >= 0.6 is 0 Å². The van der Waals surface area contributed by atoms with Crippen molar-refractivity contribution in [2.45, 2.75) is 5.11 Å². The number of hydrogen-bond donors (Lipinski definition) is 0. The number of fused-ring (bicyclic) bond motifs is 7. The van der Waals surface area contributed by atoms with Gasteiger partial charge in [0.1, 0.15) is 11.2 Å². The SMILES string of the molecule is BC(B)(B)c1ccc(-c2cccc3c2oc2c3ccc3ccc4ccccc4c32)nc1. The van der Waals surface area contributed by atoms with Gasteiger partial charge < -0.3 is 4.42 Å². The van der Waals surface area contributed by atoms with Crippen molar-refractivity contribution in [2.24, 2.45) is 0 Å². The Balaban J connectivity index is 1.66. The molecule has 0 fully saturated rings. The van der Waals surface area contributed by atoms with Crippen LogP contribution in [0.2, 0.25) is 0 Å². The zero-order valence-corrected chi connectivity index (χ0v) is 17.9. The highest BCUT2D eigenvalue weighted by Gasteiger charge is 2.18. The van der Waals surface area contributed by atoms with Crippen molar-refractivity contribution >= 4 is 67.0 Å². The van der Waals surface area contributed by atoms with Crippen LogP contribution in [-0.2, 0) is 5.11 Å². The minimum absolute atomic E-state index is 0.0802. The third-order valence-corrected chi connectivity index (χ3v) is 6.28. The van der Waals surface area contributed by atoms with E-state index in [1.807, 2.05) is 6.20 Å². The number of para-hydroxylation sites is 1. The molecule has 0 aliphatic carbocycles. The van der Waals surface area contributed by atoms with Gasteiger partial charge in [-0.3, -0.25) is 4.98 Å². The Labute approximate surface area is 183 Å². The van der Waals surface area contributed by atoms with E-state index in [9.17, 15) is 0 Å². The number of nitrogens with zero attached hydrogens (tertiary/aromatic N) is 1. The van der Waals surface area contributed by atoms with E-state index in [4.69, 9.17) is 9.40 Å². The average Bonchev–Trinajstić information content (AvgIpc) is 3.17. The van der Waals surface area contributed by atoms with Crippen LogP contribution in [0.15, 0.2) is 89.5 Å². The van der Waals surface area contributed by atoms with Crippen LogP contribution in [0, 0.1) is 0 Å². The largest absolute Gasteiger partial charge is 0.455 e. The molecule has 2 heterocycles. The van der Waals surface area contributed by atoms with Crippen LogP contribution in [0.3, 0.4) is 0 Å². The molecule has 5 heteroatoms. The van der Waals surface area contributed by atoms with E-state index in [0.29, 0.717) is 0 Å². The van der Waals surface area contributed by atoms with Crippen molar-refractivity contribution in [3.8, 4) is 11.3 Å². The van der Waals surface area contributed by atoms with Gasteiger partial charge in [-0.05, 0) is 39.9 Å². The number of furan rings is 1. The molecule has 31 heavy (non-hydrogen) atoms. The molecule has 2 nitrogen and oxygen atoms in total. The molecule has 6 aromatic rings. The Kier molecular flexibility index (Phi) is 3.85. The van der Waals surface area contributed by atoms with Crippen molar-refractivity contribution in [1.82, 2.24) is 4.98 Å². The maximum atomic E-state index is 6.62. The lowest BCUT2D eigenvalue weighted by Gasteiger charge is -2.18. The third-order valence-electron chi connectivity index (χ3n) is 6.28. The lowest BCUT2D eigenvalue weighted by molar-refractivity contribution is 0.674. The lowest BCUT2D eigenvalue weighted by Crippen LogP contribution is -2.26. The highest BCUT2D eigenvalue weighted by Crippen LogP contribution is 2.40. The molecular weight excluding hydrogens is 375 g/mol. The zero-order chi connectivity index (χ0) is 21.2. The Morgan fingerprint density at radius 3 is 2.19 bits per heavy atom. The molecule has 0 aliphatic heterocycles. The first-order valence-electron chi connectivity index (χ1n) is 10.7. The number of aromatic nitrogens is 1. The second-order valence-corrected chi connectivity index (χ2v) is 9.29. The molecule has 0 unspecified atom stereocenters. The van der Waals surface area contributed by atoms with Gasteiger partial charge in [0.2, 0.25) is 0 Å². The molecule has 0 saturated carbocycles. The smallest absolute Gasteiger partial charge is 0.144 e. The van der Waals surface area contributed by atoms with Crippen LogP contribution in [0.1, 0.15) is 5.56 Å². The average molecular weight is 395 g/mol. The van der Waals surface area contributed by atoms with Gasteiger partial charge in [0.05, 0.1) is 29.2 Å². The van der Waals surface area contributed by atoms with E-state index in [2.05, 4.69) is 102 Å². The number of hydrogen-bond acceptors (Lipinski definition) is 2. The normalized spacial score (nSPS) is 12.3. The molecule has 0 spiro atoms. The molecule has 0 atom stereocenters. The highest BCUT2D eigenvalue weighted by molar-refractivity contribution is 6.58. The summed E-state index contributed by atoms with van der Waals surface area (Å²) in [6.07, 6.45) is 1.99. The van der Waals surface area contributed by atoms with Crippen LogP contribution in [0.4, 0.5) is 0 Å². The standard InChI is InChI=1S/C26H20B3NO/c27-26(28,29)17-11-13-22(30-14-17)21-7-3-6-19-20-12-10-16-9-8-15-4-1-2-5-18(15)23(16)25(20)31-24(19)21/h1-14H,27-29H2. The first-order valence-corrected chi connectivity index (χ1v) is 10.7. The molecule has 4 aromatic carbocycles. The van der Waals surface area contributed by atoms with Gasteiger partial charge in [-0.2, -0.15) is 0 Å². The summed E-state index contributed by atoms with van der Waals surface area (Å²) in [5.41, 5.74) is 5.04. The van der Waals surface area contributed by atoms with E-state index in [1.54, 1.807) is 0 Å². The Hall–Kier alpha value is -3.46. The molecule has 0 N–H and O–H groups in total. The highest BCUT2D eigenvalue weighted by atomic mass is 16.3. The van der Waals surface area contributed by atoms with Crippen LogP contribution in [0.5, 0.6) is 0 Å². The van der Waals surface area contributed by atoms with Gasteiger partial charge in [-0.25, -0.2) is 0 Å². The van der Waals surface area contributed by atoms with Crippen molar-refractivity contribution < 1.29 is 4.42 Å². The summed E-state index contributed by atoms with van der Waals surface area (Å²) in [4.78, 5) is 4.79. The fourth-order valence-electron chi connectivity index (χ4n) is 4.54. The van der Waals surface area contributed by atoms with Gasteiger partial charge in [-0.15, -0.1) is 0 Å². The van der Waals surface area contributed by atoms with Gasteiger partial charge in [0.15, 0.2) is 0 Å². The molecule has 0 aliphatic rings. The Morgan fingerprint density at radius 1 is 0.645 bits per heavy atom. The second kappa shape index (κ2) is 6.52. The van der Waals surface area contributed by atoms with Crippen LogP contribution in [-0.4, -0.2) is 28.5 Å². The summed E-state index contributed by atoms with van der Waals surface area (Å²) >= 11 is 0. The van der Waals surface area contributed by atoms with Crippen molar-refractivity contribution in [3.05, 3.63) is 90.6 Å². The first-order chi connectivity index (χ1) is 15.0. The maximum absolute atomic E-state index is 6.62. The van der Waals surface area contributed by atoms with E-state index in [1.165, 1.54) is 27.1 Å². The van der Waals surface area contributed by atoms with Gasteiger partial charge in [0.25, 0.3) is 0 Å². The Morgan fingerprint density at radius 2 is 1.39 bits per heavy atom. The summed E-state index contributed by atoms with van der Waals surface area (Å²) < 4.78 is 6.62. The third kappa shape index (κ3) is 2.80. The van der Waals surface area contributed by atoms with Crippen molar-refractivity contribution in [2.75, 3.05) is 0 Å². The Bertz CT molecular complexity index is 1610. The summed E-state index contributed by atoms with van der Waals surface area (Å²) in [5.74, 6) is 0. The van der Waals surface area contributed by atoms with E-state index >= 15 is 0 Å². The van der Waals surface area contributed by atoms with Gasteiger partial charge in [-0.1, -0.05) is 65.8 Å². The molecule has 6 rings (SSSR count). The molecule has 0 bridgehead atoms. The molecule has 0 amide bonds. The molecule has 0 saturated heterocycles. The summed E-state index contributed by atoms with van der Waals surface area (Å²) in [6.45, 7) is 0. The van der Waals surface area contributed by atoms with Crippen LogP contribution in [0.25, 0.3) is 54.7 Å².